The molecule has 0 aromatic carbocycles. The van der Waals surface area contributed by atoms with E-state index in [0.29, 0.717) is 17.5 Å². The highest BCUT2D eigenvalue weighted by Crippen LogP contribution is 2.35. The van der Waals surface area contributed by atoms with Gasteiger partial charge in [-0.15, -0.1) is 15.3 Å². The molecule has 0 aliphatic heterocycles. The van der Waals surface area contributed by atoms with Gasteiger partial charge in [-0.1, -0.05) is 49.7 Å². The molecule has 0 saturated heterocycles. The topological polar surface area (TPSA) is 76.7 Å². The Hall–Kier alpha value is -1.34. The minimum atomic E-state index is -0.0678. The summed E-state index contributed by atoms with van der Waals surface area (Å²) in [4.78, 5) is 0. The minimum Gasteiger partial charge on any atom is -0.390 e. The molecule has 1 aliphatic rings. The van der Waals surface area contributed by atoms with Crippen molar-refractivity contribution in [2.24, 2.45) is 0 Å². The van der Waals surface area contributed by atoms with Crippen molar-refractivity contribution < 1.29 is 5.11 Å². The molecule has 0 bridgehead atoms. The standard InChI is InChI=1S/C14H21N5OS/c1-9(2)13-16-17-14(21-13)19-12(11(8-20)15-18-19)10-6-4-3-5-7-10/h9-10,20H,3-8H2,1-2H3. The Balaban J connectivity index is 1.99. The predicted molar refractivity (Wildman–Crippen MR) is 80.7 cm³/mol. The maximum absolute atomic E-state index is 9.55. The lowest BCUT2D eigenvalue weighted by molar-refractivity contribution is 0.273. The zero-order chi connectivity index (χ0) is 14.8. The summed E-state index contributed by atoms with van der Waals surface area (Å²) < 4.78 is 1.80. The van der Waals surface area contributed by atoms with Crippen LogP contribution in [0.1, 0.15) is 74.2 Å². The monoisotopic (exact) mass is 307 g/mol. The summed E-state index contributed by atoms with van der Waals surface area (Å²) in [5.41, 5.74) is 1.71. The minimum absolute atomic E-state index is 0.0678. The summed E-state index contributed by atoms with van der Waals surface area (Å²) in [6.45, 7) is 4.14. The summed E-state index contributed by atoms with van der Waals surface area (Å²) in [6.07, 6.45) is 6.03. The fourth-order valence-corrected chi connectivity index (χ4v) is 3.71. The second kappa shape index (κ2) is 6.19. The first kappa shape index (κ1) is 14.6. The molecule has 6 nitrogen and oxygen atoms in total. The van der Waals surface area contributed by atoms with Gasteiger partial charge in [0.1, 0.15) is 10.7 Å². The van der Waals surface area contributed by atoms with Crippen LogP contribution in [0.3, 0.4) is 0 Å². The predicted octanol–water partition coefficient (Wildman–Crippen LogP) is 2.78. The van der Waals surface area contributed by atoms with Crippen molar-refractivity contribution in [3.63, 3.8) is 0 Å². The average molecular weight is 307 g/mol. The molecular weight excluding hydrogens is 286 g/mol. The van der Waals surface area contributed by atoms with E-state index in [1.807, 2.05) is 0 Å². The maximum atomic E-state index is 9.55. The zero-order valence-electron chi connectivity index (χ0n) is 12.5. The summed E-state index contributed by atoms with van der Waals surface area (Å²) in [7, 11) is 0. The van der Waals surface area contributed by atoms with Crippen molar-refractivity contribution in [3.8, 4) is 5.13 Å². The van der Waals surface area contributed by atoms with Gasteiger partial charge in [0.05, 0.1) is 12.3 Å². The largest absolute Gasteiger partial charge is 0.390 e. The first-order valence-corrected chi connectivity index (χ1v) is 8.41. The normalized spacial score (nSPS) is 16.8. The molecule has 0 atom stereocenters. The number of aliphatic hydroxyl groups excluding tert-OH is 1. The van der Waals surface area contributed by atoms with Gasteiger partial charge in [-0.2, -0.15) is 4.68 Å². The van der Waals surface area contributed by atoms with Gasteiger partial charge in [-0.3, -0.25) is 0 Å². The Morgan fingerprint density at radius 2 is 1.95 bits per heavy atom. The molecule has 0 spiro atoms. The van der Waals surface area contributed by atoms with Gasteiger partial charge in [-0.05, 0) is 12.8 Å². The fraction of sp³-hybridized carbons (Fsp3) is 0.714. The molecule has 21 heavy (non-hydrogen) atoms. The van der Waals surface area contributed by atoms with E-state index in [4.69, 9.17) is 0 Å². The first-order chi connectivity index (χ1) is 10.2. The van der Waals surface area contributed by atoms with Gasteiger partial charge in [0.25, 0.3) is 0 Å². The lowest BCUT2D eigenvalue weighted by Gasteiger charge is -2.22. The van der Waals surface area contributed by atoms with Crippen LogP contribution >= 0.6 is 11.3 Å². The van der Waals surface area contributed by atoms with Crippen LogP contribution in [0, 0.1) is 0 Å². The van der Waals surface area contributed by atoms with Crippen molar-refractivity contribution >= 4 is 11.3 Å². The molecule has 1 saturated carbocycles. The Labute approximate surface area is 128 Å². The highest BCUT2D eigenvalue weighted by molar-refractivity contribution is 7.13. The molecule has 2 aromatic heterocycles. The molecule has 0 amide bonds. The van der Waals surface area contributed by atoms with Crippen molar-refractivity contribution in [2.75, 3.05) is 0 Å². The molecule has 2 aromatic rings. The van der Waals surface area contributed by atoms with Crippen molar-refractivity contribution in [3.05, 3.63) is 16.4 Å². The molecule has 1 N–H and O–H groups in total. The molecule has 1 fully saturated rings. The van der Waals surface area contributed by atoms with Crippen LogP contribution < -0.4 is 0 Å². The van der Waals surface area contributed by atoms with Crippen LogP contribution in [0.2, 0.25) is 0 Å². The Morgan fingerprint density at radius 3 is 2.57 bits per heavy atom. The number of aliphatic hydroxyl groups is 1. The number of aromatic nitrogens is 5. The van der Waals surface area contributed by atoms with Crippen LogP contribution in [-0.4, -0.2) is 30.3 Å². The molecule has 0 radical (unpaired) electrons. The van der Waals surface area contributed by atoms with Crippen molar-refractivity contribution in [1.82, 2.24) is 25.2 Å². The summed E-state index contributed by atoms with van der Waals surface area (Å²) in [5, 5.41) is 28.2. The second-order valence-corrected chi connectivity index (χ2v) is 6.89. The van der Waals surface area contributed by atoms with Crippen LogP contribution in [0.4, 0.5) is 0 Å². The van der Waals surface area contributed by atoms with E-state index in [2.05, 4.69) is 34.4 Å². The number of nitrogens with zero attached hydrogens (tertiary/aromatic N) is 5. The lowest BCUT2D eigenvalue weighted by Crippen LogP contribution is -2.12. The number of hydrogen-bond donors (Lipinski definition) is 1. The van der Waals surface area contributed by atoms with Gasteiger partial charge in [0.15, 0.2) is 0 Å². The molecule has 7 heteroatoms. The summed E-state index contributed by atoms with van der Waals surface area (Å²) >= 11 is 1.55. The summed E-state index contributed by atoms with van der Waals surface area (Å²) in [6, 6.07) is 0. The lowest BCUT2D eigenvalue weighted by atomic mass is 9.86. The zero-order valence-corrected chi connectivity index (χ0v) is 13.3. The molecule has 3 rings (SSSR count). The Bertz CT molecular complexity index is 600. The molecule has 1 aliphatic carbocycles. The fourth-order valence-electron chi connectivity index (χ4n) is 2.90. The molecular formula is C14H21N5OS. The van der Waals surface area contributed by atoms with E-state index >= 15 is 0 Å². The molecule has 0 unspecified atom stereocenters. The third kappa shape index (κ3) is 2.85. The van der Waals surface area contributed by atoms with E-state index in [0.717, 1.165) is 28.7 Å². The third-order valence-corrected chi connectivity index (χ3v) is 5.22. The maximum Gasteiger partial charge on any atom is 0.234 e. The van der Waals surface area contributed by atoms with Crippen LogP contribution in [0.15, 0.2) is 0 Å². The van der Waals surface area contributed by atoms with Crippen LogP contribution in [0.25, 0.3) is 5.13 Å². The van der Waals surface area contributed by atoms with Gasteiger partial charge >= 0.3 is 0 Å². The van der Waals surface area contributed by atoms with Crippen LogP contribution in [-0.2, 0) is 6.61 Å². The SMILES string of the molecule is CC(C)c1nnc(-n2nnc(CO)c2C2CCCCC2)s1. The van der Waals surface area contributed by atoms with Crippen molar-refractivity contribution in [2.45, 2.75) is 64.4 Å². The van der Waals surface area contributed by atoms with Gasteiger partial charge in [0.2, 0.25) is 5.13 Å². The Morgan fingerprint density at radius 1 is 1.19 bits per heavy atom. The van der Waals surface area contributed by atoms with Crippen LogP contribution in [0.5, 0.6) is 0 Å². The van der Waals surface area contributed by atoms with E-state index in [-0.39, 0.29) is 6.61 Å². The number of hydrogen-bond acceptors (Lipinski definition) is 6. The smallest absolute Gasteiger partial charge is 0.234 e. The highest BCUT2D eigenvalue weighted by Gasteiger charge is 2.26. The van der Waals surface area contributed by atoms with Gasteiger partial charge in [-0.25, -0.2) is 0 Å². The Kier molecular flexibility index (Phi) is 4.30. The van der Waals surface area contributed by atoms with E-state index in [1.54, 1.807) is 16.0 Å². The van der Waals surface area contributed by atoms with E-state index in [1.165, 1.54) is 19.3 Å². The average Bonchev–Trinajstić information content (AvgIpc) is 3.14. The molecule has 2 heterocycles. The van der Waals surface area contributed by atoms with Gasteiger partial charge < -0.3 is 5.11 Å². The van der Waals surface area contributed by atoms with Gasteiger partial charge in [0, 0.05) is 11.8 Å². The third-order valence-electron chi connectivity index (χ3n) is 4.03. The van der Waals surface area contributed by atoms with E-state index in [9.17, 15) is 5.11 Å². The number of rotatable bonds is 4. The quantitative estimate of drug-likeness (QED) is 0.940. The second-order valence-electron chi connectivity index (χ2n) is 5.90. The van der Waals surface area contributed by atoms with E-state index < -0.39 is 0 Å². The summed E-state index contributed by atoms with van der Waals surface area (Å²) in [5.74, 6) is 0.775. The first-order valence-electron chi connectivity index (χ1n) is 7.59. The highest BCUT2D eigenvalue weighted by atomic mass is 32.1. The van der Waals surface area contributed by atoms with Crippen molar-refractivity contribution in [1.29, 1.82) is 0 Å². The molecule has 114 valence electrons.